The van der Waals surface area contributed by atoms with Gasteiger partial charge in [-0.05, 0) is 66.6 Å². The molecule has 0 bridgehead atoms. The molecule has 35 heavy (non-hydrogen) atoms. The normalized spacial score (nSPS) is 11.9. The highest BCUT2D eigenvalue weighted by Gasteiger charge is 2.15. The minimum Gasteiger partial charge on any atom is -0.494 e. The quantitative estimate of drug-likeness (QED) is 0.283. The van der Waals surface area contributed by atoms with Crippen molar-refractivity contribution in [3.05, 3.63) is 113 Å². The van der Waals surface area contributed by atoms with E-state index in [0.29, 0.717) is 47.5 Å². The van der Waals surface area contributed by atoms with E-state index in [1.54, 1.807) is 55.5 Å². The molecule has 0 spiro atoms. The van der Waals surface area contributed by atoms with Gasteiger partial charge in [-0.25, -0.2) is 13.2 Å². The fourth-order valence-electron chi connectivity index (χ4n) is 4.06. The van der Waals surface area contributed by atoms with Gasteiger partial charge in [0.05, 0.1) is 12.7 Å². The van der Waals surface area contributed by atoms with Gasteiger partial charge in [0, 0.05) is 17.2 Å². The summed E-state index contributed by atoms with van der Waals surface area (Å²) in [7, 11) is 0. The summed E-state index contributed by atoms with van der Waals surface area (Å²) in [5.74, 6) is -1.60. The number of rotatable bonds is 8. The lowest BCUT2D eigenvalue weighted by atomic mass is 9.97. The van der Waals surface area contributed by atoms with Gasteiger partial charge in [0.2, 0.25) is 0 Å². The number of benzene rings is 4. The monoisotopic (exact) mass is 476 g/mol. The van der Waals surface area contributed by atoms with Gasteiger partial charge in [0.25, 0.3) is 0 Å². The van der Waals surface area contributed by atoms with E-state index in [9.17, 15) is 18.3 Å². The molecular weight excluding hydrogens is 449 g/mol. The maximum absolute atomic E-state index is 14.8. The lowest BCUT2D eigenvalue weighted by molar-refractivity contribution is 0.199. The summed E-state index contributed by atoms with van der Waals surface area (Å²) in [5, 5.41) is 9.63. The Balaban J connectivity index is 1.45. The Morgan fingerprint density at radius 3 is 2.00 bits per heavy atom. The Hall–Kier alpha value is -3.57. The first-order chi connectivity index (χ1) is 16.9. The third kappa shape index (κ3) is 5.57. The number of aliphatic hydroxyl groups is 1. The van der Waals surface area contributed by atoms with Gasteiger partial charge in [-0.2, -0.15) is 0 Å². The van der Waals surface area contributed by atoms with Crippen LogP contribution in [0.25, 0.3) is 22.3 Å². The van der Waals surface area contributed by atoms with E-state index in [1.165, 1.54) is 6.07 Å². The molecule has 0 aliphatic rings. The molecule has 0 aliphatic carbocycles. The standard InChI is InChI=1S/C30H27F3O2/c1-3-35-25-15-17-26(28(31)18-25)22-7-4-20(5-8-22)6-9-24-14-16-27(30(33)29(24)32)23-12-10-21(11-13-23)19(2)34/h4-5,7-8,10-19,34H,3,6,9H2,1-2H3. The highest BCUT2D eigenvalue weighted by atomic mass is 19.2. The van der Waals surface area contributed by atoms with Crippen molar-refractivity contribution in [2.24, 2.45) is 0 Å². The van der Waals surface area contributed by atoms with Crippen molar-refractivity contribution in [1.29, 1.82) is 0 Å². The second-order valence-electron chi connectivity index (χ2n) is 8.47. The molecule has 0 radical (unpaired) electrons. The molecule has 1 atom stereocenters. The summed E-state index contributed by atoms with van der Waals surface area (Å²) in [6.45, 7) is 3.96. The second kappa shape index (κ2) is 10.8. The van der Waals surface area contributed by atoms with Crippen LogP contribution in [0.5, 0.6) is 5.75 Å². The van der Waals surface area contributed by atoms with Crippen molar-refractivity contribution >= 4 is 0 Å². The van der Waals surface area contributed by atoms with Crippen LogP contribution in [0.4, 0.5) is 13.2 Å². The summed E-state index contributed by atoms with van der Waals surface area (Å²) in [6, 6.07) is 22.1. The first kappa shape index (κ1) is 24.6. The van der Waals surface area contributed by atoms with E-state index in [2.05, 4.69) is 0 Å². The summed E-state index contributed by atoms with van der Waals surface area (Å²) < 4.78 is 49.4. The fourth-order valence-corrected chi connectivity index (χ4v) is 4.06. The third-order valence-electron chi connectivity index (χ3n) is 6.07. The van der Waals surface area contributed by atoms with Crippen LogP contribution in [-0.4, -0.2) is 11.7 Å². The van der Waals surface area contributed by atoms with Crippen LogP contribution >= 0.6 is 0 Å². The molecule has 4 aromatic carbocycles. The zero-order valence-corrected chi connectivity index (χ0v) is 19.7. The average Bonchev–Trinajstić information content (AvgIpc) is 2.86. The zero-order valence-electron chi connectivity index (χ0n) is 19.7. The number of aryl methyl sites for hydroxylation is 2. The molecule has 0 aromatic heterocycles. The predicted molar refractivity (Wildman–Crippen MR) is 133 cm³/mol. The molecule has 4 aromatic rings. The largest absolute Gasteiger partial charge is 0.494 e. The Kier molecular flexibility index (Phi) is 7.57. The SMILES string of the molecule is CCOc1ccc(-c2ccc(CCc3ccc(-c4ccc(C(C)O)cc4)c(F)c3F)cc2)c(F)c1. The molecule has 1 unspecified atom stereocenters. The molecule has 0 saturated carbocycles. The maximum atomic E-state index is 14.8. The van der Waals surface area contributed by atoms with Crippen LogP contribution in [0.3, 0.4) is 0 Å². The number of ether oxygens (including phenoxy) is 1. The van der Waals surface area contributed by atoms with Crippen molar-refractivity contribution in [3.8, 4) is 28.0 Å². The van der Waals surface area contributed by atoms with Gasteiger partial charge < -0.3 is 9.84 Å². The second-order valence-corrected chi connectivity index (χ2v) is 8.47. The Bertz CT molecular complexity index is 1300. The van der Waals surface area contributed by atoms with Gasteiger partial charge in [-0.1, -0.05) is 60.7 Å². The summed E-state index contributed by atoms with van der Waals surface area (Å²) >= 11 is 0. The third-order valence-corrected chi connectivity index (χ3v) is 6.07. The van der Waals surface area contributed by atoms with Crippen molar-refractivity contribution in [3.63, 3.8) is 0 Å². The van der Waals surface area contributed by atoms with Crippen molar-refractivity contribution in [2.45, 2.75) is 32.8 Å². The maximum Gasteiger partial charge on any atom is 0.166 e. The van der Waals surface area contributed by atoms with Crippen LogP contribution in [0.1, 0.15) is 36.6 Å². The van der Waals surface area contributed by atoms with Gasteiger partial charge in [0.1, 0.15) is 11.6 Å². The van der Waals surface area contributed by atoms with Gasteiger partial charge in [-0.3, -0.25) is 0 Å². The minimum atomic E-state index is -0.881. The van der Waals surface area contributed by atoms with Gasteiger partial charge in [0.15, 0.2) is 11.6 Å². The van der Waals surface area contributed by atoms with Crippen LogP contribution in [0.2, 0.25) is 0 Å². The molecule has 0 amide bonds. The van der Waals surface area contributed by atoms with E-state index < -0.39 is 17.7 Å². The predicted octanol–water partition coefficient (Wildman–Crippen LogP) is 7.68. The number of halogens is 3. The molecule has 5 heteroatoms. The number of hydrogen-bond donors (Lipinski definition) is 1. The first-order valence-electron chi connectivity index (χ1n) is 11.6. The van der Waals surface area contributed by atoms with Gasteiger partial charge in [-0.15, -0.1) is 0 Å². The molecule has 180 valence electrons. The lowest BCUT2D eigenvalue weighted by Crippen LogP contribution is -2.00. The van der Waals surface area contributed by atoms with Crippen LogP contribution < -0.4 is 4.74 Å². The van der Waals surface area contributed by atoms with E-state index in [4.69, 9.17) is 4.74 Å². The first-order valence-corrected chi connectivity index (χ1v) is 11.6. The topological polar surface area (TPSA) is 29.5 Å². The highest BCUT2D eigenvalue weighted by Crippen LogP contribution is 2.29. The van der Waals surface area contributed by atoms with Gasteiger partial charge >= 0.3 is 0 Å². The zero-order chi connectivity index (χ0) is 24.9. The highest BCUT2D eigenvalue weighted by molar-refractivity contribution is 5.66. The Morgan fingerprint density at radius 1 is 0.743 bits per heavy atom. The number of hydrogen-bond acceptors (Lipinski definition) is 2. The smallest absolute Gasteiger partial charge is 0.166 e. The van der Waals surface area contributed by atoms with Crippen LogP contribution in [0.15, 0.2) is 78.9 Å². The van der Waals surface area contributed by atoms with Crippen LogP contribution in [0, 0.1) is 17.5 Å². The fraction of sp³-hybridized carbons (Fsp3) is 0.200. The molecule has 0 aliphatic heterocycles. The molecule has 0 heterocycles. The van der Waals surface area contributed by atoms with E-state index in [-0.39, 0.29) is 11.4 Å². The molecule has 4 rings (SSSR count). The Labute approximate surface area is 203 Å². The lowest BCUT2D eigenvalue weighted by Gasteiger charge is -2.11. The number of aliphatic hydroxyl groups excluding tert-OH is 1. The Morgan fingerprint density at radius 2 is 1.37 bits per heavy atom. The molecule has 1 N–H and O–H groups in total. The van der Waals surface area contributed by atoms with E-state index in [1.807, 2.05) is 31.2 Å². The summed E-state index contributed by atoms with van der Waals surface area (Å²) in [5.41, 5.74) is 3.90. The van der Waals surface area contributed by atoms with Crippen molar-refractivity contribution in [2.75, 3.05) is 6.61 Å². The summed E-state index contributed by atoms with van der Waals surface area (Å²) in [6.07, 6.45) is 0.230. The molecular formula is C30H27F3O2. The average molecular weight is 477 g/mol. The van der Waals surface area contributed by atoms with Crippen LogP contribution in [-0.2, 0) is 12.8 Å². The van der Waals surface area contributed by atoms with Crippen molar-refractivity contribution < 1.29 is 23.0 Å². The van der Waals surface area contributed by atoms with Crippen molar-refractivity contribution in [1.82, 2.24) is 0 Å². The summed E-state index contributed by atoms with van der Waals surface area (Å²) in [4.78, 5) is 0. The molecule has 2 nitrogen and oxygen atoms in total. The molecule has 0 fully saturated rings. The molecule has 0 saturated heterocycles. The minimum absolute atomic E-state index is 0.185. The van der Waals surface area contributed by atoms with E-state index in [0.717, 1.165) is 11.1 Å². The van der Waals surface area contributed by atoms with E-state index >= 15 is 0 Å².